The molecule has 1 atom stereocenters. The number of halogens is 2. The van der Waals surface area contributed by atoms with Crippen molar-refractivity contribution in [3.05, 3.63) is 33.8 Å². The van der Waals surface area contributed by atoms with Gasteiger partial charge in [0.25, 0.3) is 0 Å². The lowest BCUT2D eigenvalue weighted by molar-refractivity contribution is 0.0564. The van der Waals surface area contributed by atoms with Crippen molar-refractivity contribution in [1.29, 1.82) is 0 Å². The number of nitrogens with one attached hydrogen (secondary N) is 1. The van der Waals surface area contributed by atoms with E-state index < -0.39 is 0 Å². The molecule has 1 saturated heterocycles. The van der Waals surface area contributed by atoms with Gasteiger partial charge in [0.1, 0.15) is 0 Å². The third kappa shape index (κ3) is 3.67. The Labute approximate surface area is 132 Å². The Morgan fingerprint density at radius 3 is 2.55 bits per heavy atom. The Hall–Kier alpha value is -0.280. The van der Waals surface area contributed by atoms with Gasteiger partial charge in [-0.15, -0.1) is 0 Å². The van der Waals surface area contributed by atoms with Crippen molar-refractivity contribution in [3.8, 4) is 0 Å². The molecule has 1 aliphatic heterocycles. The summed E-state index contributed by atoms with van der Waals surface area (Å²) in [6.07, 6.45) is 2.42. The molecule has 4 heteroatoms. The number of benzene rings is 1. The van der Waals surface area contributed by atoms with Gasteiger partial charge in [-0.3, -0.25) is 4.90 Å². The van der Waals surface area contributed by atoms with Crippen LogP contribution in [0, 0.1) is 0 Å². The maximum Gasteiger partial charge on any atom is 0.0465 e. The molecule has 0 spiro atoms. The van der Waals surface area contributed by atoms with Crippen LogP contribution in [0.3, 0.4) is 0 Å². The summed E-state index contributed by atoms with van der Waals surface area (Å²) in [4.78, 5) is 2.50. The molecule has 20 heavy (non-hydrogen) atoms. The minimum Gasteiger partial charge on any atom is -0.311 e. The van der Waals surface area contributed by atoms with E-state index in [-0.39, 0.29) is 5.54 Å². The first-order chi connectivity index (χ1) is 9.44. The van der Waals surface area contributed by atoms with Gasteiger partial charge in [0.15, 0.2) is 0 Å². The maximum atomic E-state index is 6.31. The minimum atomic E-state index is 0.118. The van der Waals surface area contributed by atoms with Crippen molar-refractivity contribution in [2.45, 2.75) is 51.7 Å². The number of hydrogen-bond donors (Lipinski definition) is 1. The molecule has 0 aromatic heterocycles. The van der Waals surface area contributed by atoms with Crippen molar-refractivity contribution >= 4 is 23.2 Å². The number of nitrogens with zero attached hydrogens (tertiary/aromatic N) is 1. The standard InChI is InChI=1S/C16H24Cl2N2/c1-4-6-12-9-20(16(2,3)11-19-12)10-13-14(17)7-5-8-15(13)18/h5,7-8,12,19H,4,6,9-11H2,1-3H3. The van der Waals surface area contributed by atoms with Crippen LogP contribution in [0.1, 0.15) is 39.2 Å². The third-order valence-corrected chi connectivity index (χ3v) is 4.88. The molecule has 112 valence electrons. The van der Waals surface area contributed by atoms with Crippen LogP contribution in [0.2, 0.25) is 10.0 Å². The monoisotopic (exact) mass is 314 g/mol. The quantitative estimate of drug-likeness (QED) is 0.889. The fourth-order valence-corrected chi connectivity index (χ4v) is 3.30. The molecule has 1 aromatic rings. The van der Waals surface area contributed by atoms with Crippen LogP contribution in [0.5, 0.6) is 0 Å². The first kappa shape index (κ1) is 16.1. The van der Waals surface area contributed by atoms with Crippen molar-refractivity contribution in [1.82, 2.24) is 10.2 Å². The summed E-state index contributed by atoms with van der Waals surface area (Å²) in [6.45, 7) is 9.63. The molecule has 0 bridgehead atoms. The predicted molar refractivity (Wildman–Crippen MR) is 87.6 cm³/mol. The van der Waals surface area contributed by atoms with Crippen LogP contribution in [-0.4, -0.2) is 29.6 Å². The molecular weight excluding hydrogens is 291 g/mol. The molecular formula is C16H24Cl2N2. The second-order valence-corrected chi connectivity index (χ2v) is 7.07. The summed E-state index contributed by atoms with van der Waals surface area (Å²) in [7, 11) is 0. The van der Waals surface area contributed by atoms with E-state index in [0.717, 1.165) is 35.2 Å². The number of piperazine rings is 1. The summed E-state index contributed by atoms with van der Waals surface area (Å²) in [5.41, 5.74) is 1.16. The Bertz CT molecular complexity index is 440. The maximum absolute atomic E-state index is 6.31. The molecule has 1 N–H and O–H groups in total. The average molecular weight is 315 g/mol. The summed E-state index contributed by atoms with van der Waals surface area (Å²) in [5, 5.41) is 5.17. The molecule has 0 aliphatic carbocycles. The van der Waals surface area contributed by atoms with Crippen LogP contribution in [0.4, 0.5) is 0 Å². The van der Waals surface area contributed by atoms with Crippen LogP contribution >= 0.6 is 23.2 Å². The second-order valence-electron chi connectivity index (χ2n) is 6.26. The third-order valence-electron chi connectivity index (χ3n) is 4.17. The van der Waals surface area contributed by atoms with Crippen LogP contribution in [0.25, 0.3) is 0 Å². The smallest absolute Gasteiger partial charge is 0.0465 e. The molecule has 2 nitrogen and oxygen atoms in total. The molecule has 1 heterocycles. The first-order valence-electron chi connectivity index (χ1n) is 7.35. The van der Waals surface area contributed by atoms with E-state index in [1.807, 2.05) is 18.2 Å². The van der Waals surface area contributed by atoms with E-state index in [1.54, 1.807) is 0 Å². The van der Waals surface area contributed by atoms with Crippen molar-refractivity contribution in [2.24, 2.45) is 0 Å². The number of rotatable bonds is 4. The highest BCUT2D eigenvalue weighted by Gasteiger charge is 2.34. The Kier molecular flexibility index (Phi) is 5.36. The Morgan fingerprint density at radius 1 is 1.30 bits per heavy atom. The van der Waals surface area contributed by atoms with Gasteiger partial charge in [0.2, 0.25) is 0 Å². The molecule has 2 rings (SSSR count). The lowest BCUT2D eigenvalue weighted by Gasteiger charge is -2.46. The Balaban J connectivity index is 2.16. The fraction of sp³-hybridized carbons (Fsp3) is 0.625. The van der Waals surface area contributed by atoms with E-state index >= 15 is 0 Å². The largest absolute Gasteiger partial charge is 0.311 e. The highest BCUT2D eigenvalue weighted by molar-refractivity contribution is 6.35. The summed E-state index contributed by atoms with van der Waals surface area (Å²) < 4.78 is 0. The van der Waals surface area contributed by atoms with Gasteiger partial charge in [-0.2, -0.15) is 0 Å². The van der Waals surface area contributed by atoms with E-state index in [4.69, 9.17) is 23.2 Å². The van der Waals surface area contributed by atoms with E-state index in [0.29, 0.717) is 6.04 Å². The summed E-state index contributed by atoms with van der Waals surface area (Å²) >= 11 is 12.6. The first-order valence-corrected chi connectivity index (χ1v) is 8.11. The van der Waals surface area contributed by atoms with Gasteiger partial charge in [-0.1, -0.05) is 42.6 Å². The highest BCUT2D eigenvalue weighted by Crippen LogP contribution is 2.29. The average Bonchev–Trinajstić information content (AvgIpc) is 2.38. The van der Waals surface area contributed by atoms with Crippen LogP contribution in [0.15, 0.2) is 18.2 Å². The van der Waals surface area contributed by atoms with Crippen molar-refractivity contribution in [3.63, 3.8) is 0 Å². The molecule has 1 aromatic carbocycles. The highest BCUT2D eigenvalue weighted by atomic mass is 35.5. The van der Waals surface area contributed by atoms with E-state index in [1.165, 1.54) is 12.8 Å². The minimum absolute atomic E-state index is 0.118. The second kappa shape index (κ2) is 6.65. The molecule has 0 amide bonds. The van der Waals surface area contributed by atoms with Gasteiger partial charge in [0.05, 0.1) is 0 Å². The lowest BCUT2D eigenvalue weighted by Crippen LogP contribution is -2.61. The van der Waals surface area contributed by atoms with Gasteiger partial charge >= 0.3 is 0 Å². The van der Waals surface area contributed by atoms with E-state index in [2.05, 4.69) is 31.0 Å². The molecule has 1 fully saturated rings. The molecule has 0 saturated carbocycles. The zero-order chi connectivity index (χ0) is 14.8. The van der Waals surface area contributed by atoms with E-state index in [9.17, 15) is 0 Å². The Morgan fingerprint density at radius 2 is 1.95 bits per heavy atom. The zero-order valence-corrected chi connectivity index (χ0v) is 14.1. The predicted octanol–water partition coefficient (Wildman–Crippen LogP) is 4.35. The van der Waals surface area contributed by atoms with Gasteiger partial charge in [-0.05, 0) is 32.4 Å². The van der Waals surface area contributed by atoms with Crippen LogP contribution in [-0.2, 0) is 6.54 Å². The SMILES string of the molecule is CCCC1CN(Cc2c(Cl)cccc2Cl)C(C)(C)CN1. The fourth-order valence-electron chi connectivity index (χ4n) is 2.78. The van der Waals surface area contributed by atoms with Crippen molar-refractivity contribution < 1.29 is 0 Å². The normalized spacial score (nSPS) is 22.9. The lowest BCUT2D eigenvalue weighted by atomic mass is 9.95. The molecule has 1 aliphatic rings. The zero-order valence-electron chi connectivity index (χ0n) is 12.5. The van der Waals surface area contributed by atoms with Gasteiger partial charge < -0.3 is 5.32 Å². The molecule has 0 radical (unpaired) electrons. The summed E-state index contributed by atoms with van der Waals surface area (Å²) in [6, 6.07) is 6.30. The van der Waals surface area contributed by atoms with Crippen molar-refractivity contribution in [2.75, 3.05) is 13.1 Å². The topological polar surface area (TPSA) is 15.3 Å². The molecule has 1 unspecified atom stereocenters. The summed E-state index contributed by atoms with van der Waals surface area (Å²) in [5.74, 6) is 0. The number of hydrogen-bond acceptors (Lipinski definition) is 2. The van der Waals surface area contributed by atoms with Crippen LogP contribution < -0.4 is 5.32 Å². The van der Waals surface area contributed by atoms with Gasteiger partial charge in [-0.25, -0.2) is 0 Å². The van der Waals surface area contributed by atoms with Gasteiger partial charge in [0, 0.05) is 46.8 Å².